The molecule has 0 saturated carbocycles. The van der Waals surface area contributed by atoms with Gasteiger partial charge in [-0.2, -0.15) is 0 Å². The summed E-state index contributed by atoms with van der Waals surface area (Å²) in [5, 5.41) is 0. The maximum Gasteiger partial charge on any atom is 0.164 e. The highest BCUT2D eigenvalue weighted by atomic mass is 15.0. The van der Waals surface area contributed by atoms with Gasteiger partial charge in [0.05, 0.1) is 5.41 Å². The van der Waals surface area contributed by atoms with Gasteiger partial charge in [0.25, 0.3) is 0 Å². The molecule has 2 aliphatic rings. The molecule has 0 radical (unpaired) electrons. The van der Waals surface area contributed by atoms with Gasteiger partial charge >= 0.3 is 0 Å². The first kappa shape index (κ1) is 31.3. The number of hydrogen-bond acceptors (Lipinski definition) is 3. The van der Waals surface area contributed by atoms with Crippen molar-refractivity contribution in [3.05, 3.63) is 222 Å². The van der Waals surface area contributed by atoms with E-state index in [2.05, 4.69) is 176 Å². The van der Waals surface area contributed by atoms with Crippen molar-refractivity contribution in [3.8, 4) is 78.7 Å². The van der Waals surface area contributed by atoms with Gasteiger partial charge in [-0.15, -0.1) is 0 Å². The summed E-state index contributed by atoms with van der Waals surface area (Å²) in [7, 11) is 0. The zero-order valence-electron chi connectivity index (χ0n) is 29.9. The van der Waals surface area contributed by atoms with Crippen molar-refractivity contribution in [3.63, 3.8) is 0 Å². The van der Waals surface area contributed by atoms with Crippen LogP contribution in [0.15, 0.2) is 200 Å². The lowest BCUT2D eigenvalue weighted by molar-refractivity contribution is 0.796. The minimum atomic E-state index is -0.451. The molecule has 0 fully saturated rings. The lowest BCUT2D eigenvalue weighted by atomic mass is 9.68. The fraction of sp³-hybridized carbons (Fsp3) is 0.0192. The third-order valence-corrected chi connectivity index (χ3v) is 11.4. The third-order valence-electron chi connectivity index (χ3n) is 11.4. The summed E-state index contributed by atoms with van der Waals surface area (Å²) in [6.45, 7) is 0. The summed E-state index contributed by atoms with van der Waals surface area (Å²) in [6.07, 6.45) is 0. The highest BCUT2D eigenvalue weighted by Gasteiger charge is 2.52. The quantitative estimate of drug-likeness (QED) is 0.179. The first-order valence-corrected chi connectivity index (χ1v) is 18.8. The Bertz CT molecular complexity index is 2870. The van der Waals surface area contributed by atoms with E-state index in [0.717, 1.165) is 33.4 Å². The number of aromatic nitrogens is 3. The topological polar surface area (TPSA) is 38.7 Å². The molecule has 0 bridgehead atoms. The van der Waals surface area contributed by atoms with E-state index >= 15 is 0 Å². The van der Waals surface area contributed by atoms with Crippen LogP contribution < -0.4 is 0 Å². The van der Waals surface area contributed by atoms with Crippen molar-refractivity contribution in [1.82, 2.24) is 15.0 Å². The molecule has 1 spiro atoms. The molecule has 0 atom stereocenters. The van der Waals surface area contributed by atoms with Crippen molar-refractivity contribution < 1.29 is 0 Å². The van der Waals surface area contributed by atoms with Gasteiger partial charge in [0.1, 0.15) is 0 Å². The van der Waals surface area contributed by atoms with Crippen molar-refractivity contribution >= 4 is 0 Å². The molecule has 8 aromatic carbocycles. The Labute approximate surface area is 320 Å². The molecule has 0 amide bonds. The Kier molecular flexibility index (Phi) is 7.08. The predicted molar refractivity (Wildman–Crippen MR) is 223 cm³/mol. The summed E-state index contributed by atoms with van der Waals surface area (Å²) in [5.74, 6) is 1.92. The van der Waals surface area contributed by atoms with Gasteiger partial charge in [0, 0.05) is 16.7 Å². The van der Waals surface area contributed by atoms with Gasteiger partial charge in [-0.3, -0.25) is 0 Å². The van der Waals surface area contributed by atoms with Gasteiger partial charge in [0.2, 0.25) is 0 Å². The zero-order chi connectivity index (χ0) is 36.3. The molecule has 0 saturated heterocycles. The first-order chi connectivity index (χ1) is 27.3. The van der Waals surface area contributed by atoms with Crippen LogP contribution in [0.25, 0.3) is 78.7 Å². The van der Waals surface area contributed by atoms with Gasteiger partial charge in [-0.25, -0.2) is 15.0 Å². The van der Waals surface area contributed by atoms with Crippen LogP contribution in [0.5, 0.6) is 0 Å². The number of hydrogen-bond donors (Lipinski definition) is 0. The monoisotopic (exact) mass is 699 g/mol. The molecule has 256 valence electrons. The van der Waals surface area contributed by atoms with Gasteiger partial charge in [0.15, 0.2) is 17.5 Å². The molecular formula is C52H33N3. The second-order valence-corrected chi connectivity index (χ2v) is 14.3. The van der Waals surface area contributed by atoms with E-state index in [1.165, 1.54) is 50.1 Å². The van der Waals surface area contributed by atoms with Crippen molar-refractivity contribution in [2.24, 2.45) is 0 Å². The molecule has 1 heterocycles. The second-order valence-electron chi connectivity index (χ2n) is 14.3. The highest BCUT2D eigenvalue weighted by molar-refractivity contribution is 5.99. The Balaban J connectivity index is 1.13. The molecule has 9 aromatic rings. The molecule has 3 nitrogen and oxygen atoms in total. The van der Waals surface area contributed by atoms with Crippen molar-refractivity contribution in [2.75, 3.05) is 0 Å². The summed E-state index contributed by atoms with van der Waals surface area (Å²) < 4.78 is 0. The standard InChI is InChI=1S/C52H33N3/c1-3-17-34(18-4-1)38-23-7-8-27-44(38)51-54-49(35-19-5-2-6-20-35)53-50(55-51)37-22-15-21-36(33-37)39-28-16-29-43-42-26-11-14-32-47(42)52(48(39)43)45-30-12-9-24-40(45)41-25-10-13-31-46(41)52/h1-33H. The smallest absolute Gasteiger partial charge is 0.164 e. The summed E-state index contributed by atoms with van der Waals surface area (Å²) in [6, 6.07) is 71.5. The maximum atomic E-state index is 5.23. The van der Waals surface area contributed by atoms with Crippen LogP contribution in [0.2, 0.25) is 0 Å². The highest BCUT2D eigenvalue weighted by Crippen LogP contribution is 2.64. The number of rotatable bonds is 5. The Morgan fingerprint density at radius 3 is 1.29 bits per heavy atom. The minimum Gasteiger partial charge on any atom is -0.208 e. The molecule has 0 N–H and O–H groups in total. The van der Waals surface area contributed by atoms with E-state index in [1.807, 2.05) is 24.3 Å². The Morgan fingerprint density at radius 1 is 0.255 bits per heavy atom. The molecule has 3 heteroatoms. The van der Waals surface area contributed by atoms with Crippen molar-refractivity contribution in [1.29, 1.82) is 0 Å². The molecule has 2 aliphatic carbocycles. The largest absolute Gasteiger partial charge is 0.208 e. The zero-order valence-corrected chi connectivity index (χ0v) is 29.9. The van der Waals surface area contributed by atoms with Crippen LogP contribution in [-0.2, 0) is 5.41 Å². The minimum absolute atomic E-state index is 0.451. The number of benzene rings is 8. The van der Waals surface area contributed by atoms with Crippen molar-refractivity contribution in [2.45, 2.75) is 5.41 Å². The fourth-order valence-corrected chi connectivity index (χ4v) is 9.11. The SMILES string of the molecule is c1ccc(-c2nc(-c3cccc(-c4cccc5c4C4(c6ccccc6-c6ccccc64)c4ccccc4-5)c3)nc(-c3ccccc3-c3ccccc3)n2)cc1. The first-order valence-electron chi connectivity index (χ1n) is 18.8. The van der Waals surface area contributed by atoms with E-state index in [9.17, 15) is 0 Å². The lowest BCUT2D eigenvalue weighted by Gasteiger charge is -2.32. The van der Waals surface area contributed by atoms with E-state index in [4.69, 9.17) is 15.0 Å². The molecule has 1 aromatic heterocycles. The van der Waals surface area contributed by atoms with Crippen LogP contribution in [0.1, 0.15) is 22.3 Å². The van der Waals surface area contributed by atoms with Gasteiger partial charge in [-0.1, -0.05) is 194 Å². The fourth-order valence-electron chi connectivity index (χ4n) is 9.11. The molecular weight excluding hydrogens is 667 g/mol. The summed E-state index contributed by atoms with van der Waals surface area (Å²) in [5.41, 5.74) is 17.4. The number of nitrogens with zero attached hydrogens (tertiary/aromatic N) is 3. The third kappa shape index (κ3) is 4.73. The van der Waals surface area contributed by atoms with E-state index in [1.54, 1.807) is 0 Å². The molecule has 0 unspecified atom stereocenters. The predicted octanol–water partition coefficient (Wildman–Crippen LogP) is 12.6. The lowest BCUT2D eigenvalue weighted by Crippen LogP contribution is -2.26. The van der Waals surface area contributed by atoms with Crippen LogP contribution in [-0.4, -0.2) is 15.0 Å². The van der Waals surface area contributed by atoms with Crippen LogP contribution >= 0.6 is 0 Å². The van der Waals surface area contributed by atoms with Crippen LogP contribution in [0, 0.1) is 0 Å². The Hall–Kier alpha value is -7.23. The Morgan fingerprint density at radius 2 is 0.655 bits per heavy atom. The summed E-state index contributed by atoms with van der Waals surface area (Å²) in [4.78, 5) is 15.5. The molecule has 11 rings (SSSR count). The van der Waals surface area contributed by atoms with Crippen LogP contribution in [0.4, 0.5) is 0 Å². The van der Waals surface area contributed by atoms with Gasteiger partial charge in [-0.05, 0) is 72.8 Å². The molecule has 0 aliphatic heterocycles. The second kappa shape index (κ2) is 12.4. The maximum absolute atomic E-state index is 5.23. The van der Waals surface area contributed by atoms with E-state index < -0.39 is 5.41 Å². The number of fused-ring (bicyclic) bond motifs is 10. The molecule has 55 heavy (non-hydrogen) atoms. The average molecular weight is 700 g/mol. The van der Waals surface area contributed by atoms with Crippen LogP contribution in [0.3, 0.4) is 0 Å². The normalized spacial score (nSPS) is 12.9. The van der Waals surface area contributed by atoms with E-state index in [0.29, 0.717) is 17.5 Å². The summed E-state index contributed by atoms with van der Waals surface area (Å²) >= 11 is 0. The average Bonchev–Trinajstić information content (AvgIpc) is 3.74. The van der Waals surface area contributed by atoms with Gasteiger partial charge < -0.3 is 0 Å². The van der Waals surface area contributed by atoms with E-state index in [-0.39, 0.29) is 0 Å².